The van der Waals surface area contributed by atoms with Gasteiger partial charge in [0.15, 0.2) is 0 Å². The summed E-state index contributed by atoms with van der Waals surface area (Å²) >= 11 is 0. The average molecular weight is 260 g/mol. The fourth-order valence-electron chi connectivity index (χ4n) is 2.83. The first-order valence-corrected chi connectivity index (χ1v) is 7.39. The van der Waals surface area contributed by atoms with Gasteiger partial charge in [0.1, 0.15) is 0 Å². The molecule has 0 aromatic heterocycles. The van der Waals surface area contributed by atoms with Crippen LogP contribution >= 0.6 is 0 Å². The van der Waals surface area contributed by atoms with Crippen LogP contribution in [0.5, 0.6) is 0 Å². The molecule has 0 heteroatoms. The number of hydrogen-bond acceptors (Lipinski definition) is 0. The van der Waals surface area contributed by atoms with Gasteiger partial charge in [-0.1, -0.05) is 84.0 Å². The Balaban J connectivity index is 1.77. The zero-order valence-corrected chi connectivity index (χ0v) is 11.8. The van der Waals surface area contributed by atoms with Crippen molar-refractivity contribution in [2.75, 3.05) is 0 Å². The summed E-state index contributed by atoms with van der Waals surface area (Å²) in [4.78, 5) is 0. The van der Waals surface area contributed by atoms with E-state index in [4.69, 9.17) is 0 Å². The van der Waals surface area contributed by atoms with Crippen LogP contribution < -0.4 is 0 Å². The Morgan fingerprint density at radius 1 is 0.600 bits per heavy atom. The SMILES string of the molecule is C(=C1CCCC(=Cc2ccccc2)C1)c1ccccc1. The molecule has 0 saturated heterocycles. The molecule has 1 saturated carbocycles. The van der Waals surface area contributed by atoms with Gasteiger partial charge in [0.2, 0.25) is 0 Å². The topological polar surface area (TPSA) is 0 Å². The molecule has 0 unspecified atom stereocenters. The molecule has 1 aliphatic rings. The molecule has 20 heavy (non-hydrogen) atoms. The molecule has 1 aliphatic carbocycles. The number of benzene rings is 2. The molecule has 0 nitrogen and oxygen atoms in total. The molecule has 0 heterocycles. The minimum atomic E-state index is 1.13. The van der Waals surface area contributed by atoms with Gasteiger partial charge in [-0.2, -0.15) is 0 Å². The summed E-state index contributed by atoms with van der Waals surface area (Å²) in [7, 11) is 0. The van der Waals surface area contributed by atoms with Crippen molar-refractivity contribution in [3.8, 4) is 0 Å². The lowest BCUT2D eigenvalue weighted by molar-refractivity contribution is 0.721. The van der Waals surface area contributed by atoms with Gasteiger partial charge in [-0.15, -0.1) is 0 Å². The molecule has 100 valence electrons. The Morgan fingerprint density at radius 3 is 1.50 bits per heavy atom. The van der Waals surface area contributed by atoms with Crippen molar-refractivity contribution in [1.82, 2.24) is 0 Å². The van der Waals surface area contributed by atoms with E-state index >= 15 is 0 Å². The molecule has 0 amide bonds. The summed E-state index contributed by atoms with van der Waals surface area (Å²) in [6.45, 7) is 0. The summed E-state index contributed by atoms with van der Waals surface area (Å²) in [6, 6.07) is 21.3. The Hall–Kier alpha value is -2.08. The second kappa shape index (κ2) is 6.38. The van der Waals surface area contributed by atoms with Crippen molar-refractivity contribution in [2.24, 2.45) is 0 Å². The highest BCUT2D eigenvalue weighted by atomic mass is 14.2. The standard InChI is InChI=1S/C20H20/c1-3-8-17(9-4-1)14-19-12-7-13-20(16-19)15-18-10-5-2-6-11-18/h1-6,8-11,14-15H,7,12-13,16H2. The number of allylic oxidation sites excluding steroid dienone is 2. The Bertz CT molecular complexity index is 548. The molecule has 2 aromatic rings. The van der Waals surface area contributed by atoms with Crippen molar-refractivity contribution in [1.29, 1.82) is 0 Å². The Morgan fingerprint density at radius 2 is 1.05 bits per heavy atom. The number of rotatable bonds is 2. The van der Waals surface area contributed by atoms with E-state index in [9.17, 15) is 0 Å². The lowest BCUT2D eigenvalue weighted by Gasteiger charge is -2.18. The first-order valence-electron chi connectivity index (χ1n) is 7.39. The maximum atomic E-state index is 2.36. The molecule has 2 aromatic carbocycles. The van der Waals surface area contributed by atoms with Gasteiger partial charge in [-0.05, 0) is 36.8 Å². The maximum absolute atomic E-state index is 2.36. The van der Waals surface area contributed by atoms with E-state index in [0.29, 0.717) is 0 Å². The second-order valence-corrected chi connectivity index (χ2v) is 5.46. The van der Waals surface area contributed by atoms with Crippen molar-refractivity contribution in [3.05, 3.63) is 82.9 Å². The van der Waals surface area contributed by atoms with Gasteiger partial charge in [-0.25, -0.2) is 0 Å². The fourth-order valence-corrected chi connectivity index (χ4v) is 2.83. The summed E-state index contributed by atoms with van der Waals surface area (Å²) in [6.07, 6.45) is 9.60. The van der Waals surface area contributed by atoms with E-state index < -0.39 is 0 Å². The van der Waals surface area contributed by atoms with Gasteiger partial charge in [0.05, 0.1) is 0 Å². The lowest BCUT2D eigenvalue weighted by atomic mass is 9.88. The van der Waals surface area contributed by atoms with E-state index in [0.717, 1.165) is 6.42 Å². The lowest BCUT2D eigenvalue weighted by Crippen LogP contribution is -1.97. The minimum absolute atomic E-state index is 1.13. The first-order chi connectivity index (χ1) is 9.90. The van der Waals surface area contributed by atoms with Gasteiger partial charge >= 0.3 is 0 Å². The highest BCUT2D eigenvalue weighted by Gasteiger charge is 2.10. The predicted octanol–water partition coefficient (Wildman–Crippen LogP) is 5.73. The zero-order chi connectivity index (χ0) is 13.6. The minimum Gasteiger partial charge on any atom is -0.0655 e. The average Bonchev–Trinajstić information content (AvgIpc) is 2.50. The molecule has 0 N–H and O–H groups in total. The van der Waals surface area contributed by atoms with E-state index in [1.54, 1.807) is 11.1 Å². The normalized spacial score (nSPS) is 19.4. The van der Waals surface area contributed by atoms with Crippen molar-refractivity contribution in [3.63, 3.8) is 0 Å². The third kappa shape index (κ3) is 3.48. The van der Waals surface area contributed by atoms with Gasteiger partial charge in [-0.3, -0.25) is 0 Å². The summed E-state index contributed by atoms with van der Waals surface area (Å²) < 4.78 is 0. The third-order valence-electron chi connectivity index (χ3n) is 3.79. The zero-order valence-electron chi connectivity index (χ0n) is 11.8. The van der Waals surface area contributed by atoms with Crippen LogP contribution in [0.15, 0.2) is 71.8 Å². The van der Waals surface area contributed by atoms with Crippen LogP contribution in [-0.4, -0.2) is 0 Å². The number of hydrogen-bond donors (Lipinski definition) is 0. The summed E-state index contributed by atoms with van der Waals surface area (Å²) in [5.74, 6) is 0. The van der Waals surface area contributed by atoms with Crippen LogP contribution in [0.25, 0.3) is 12.2 Å². The molecule has 1 fully saturated rings. The molecule has 3 rings (SSSR count). The van der Waals surface area contributed by atoms with E-state index in [1.807, 2.05) is 0 Å². The second-order valence-electron chi connectivity index (χ2n) is 5.46. The Kier molecular flexibility index (Phi) is 4.13. The fraction of sp³-hybridized carbons (Fsp3) is 0.200. The van der Waals surface area contributed by atoms with E-state index in [2.05, 4.69) is 72.8 Å². The van der Waals surface area contributed by atoms with Crippen LogP contribution in [0.2, 0.25) is 0 Å². The first kappa shape index (κ1) is 12.9. The van der Waals surface area contributed by atoms with Crippen molar-refractivity contribution >= 4 is 12.2 Å². The quantitative estimate of drug-likeness (QED) is 0.647. The monoisotopic (exact) mass is 260 g/mol. The maximum Gasteiger partial charge on any atom is -0.0102 e. The molecular weight excluding hydrogens is 240 g/mol. The van der Waals surface area contributed by atoms with Crippen molar-refractivity contribution < 1.29 is 0 Å². The van der Waals surface area contributed by atoms with Gasteiger partial charge in [0, 0.05) is 0 Å². The molecule has 0 aliphatic heterocycles. The Labute approximate surface area is 121 Å². The summed E-state index contributed by atoms with van der Waals surface area (Å²) in [5.41, 5.74) is 5.76. The molecule has 0 spiro atoms. The smallest absolute Gasteiger partial charge is 0.0102 e. The highest BCUT2D eigenvalue weighted by molar-refractivity contribution is 5.58. The van der Waals surface area contributed by atoms with Crippen LogP contribution in [0.4, 0.5) is 0 Å². The van der Waals surface area contributed by atoms with Crippen LogP contribution in [-0.2, 0) is 0 Å². The molecule has 0 radical (unpaired) electrons. The van der Waals surface area contributed by atoms with Crippen LogP contribution in [0.3, 0.4) is 0 Å². The van der Waals surface area contributed by atoms with E-state index in [1.165, 1.54) is 30.4 Å². The largest absolute Gasteiger partial charge is 0.0655 e. The van der Waals surface area contributed by atoms with Gasteiger partial charge in [0.25, 0.3) is 0 Å². The molecule has 0 bridgehead atoms. The molecule has 0 atom stereocenters. The van der Waals surface area contributed by atoms with E-state index in [-0.39, 0.29) is 0 Å². The van der Waals surface area contributed by atoms with Crippen molar-refractivity contribution in [2.45, 2.75) is 25.7 Å². The van der Waals surface area contributed by atoms with Crippen LogP contribution in [0.1, 0.15) is 36.8 Å². The predicted molar refractivity (Wildman–Crippen MR) is 87.3 cm³/mol. The molecular formula is C20H20. The van der Waals surface area contributed by atoms with Crippen LogP contribution in [0, 0.1) is 0 Å². The summed E-state index contributed by atoms with van der Waals surface area (Å²) in [5, 5.41) is 0. The highest BCUT2D eigenvalue weighted by Crippen LogP contribution is 2.30. The van der Waals surface area contributed by atoms with Gasteiger partial charge < -0.3 is 0 Å². The third-order valence-corrected chi connectivity index (χ3v) is 3.79.